The fraction of sp³-hybridized carbons (Fsp3) is 0.485. The van der Waals surface area contributed by atoms with Gasteiger partial charge >= 0.3 is 12.1 Å². The predicted octanol–water partition coefficient (Wildman–Crippen LogP) is 3.27. The number of carboxylic acids is 1. The van der Waals surface area contributed by atoms with Gasteiger partial charge in [-0.05, 0) is 46.9 Å². The third-order valence-electron chi connectivity index (χ3n) is 8.22. The molecule has 4 N–H and O–H groups in total. The van der Waals surface area contributed by atoms with Crippen molar-refractivity contribution in [2.24, 2.45) is 11.8 Å². The zero-order valence-electron chi connectivity index (χ0n) is 25.7. The molecule has 1 heterocycles. The maximum Gasteiger partial charge on any atom is 0.407 e. The van der Waals surface area contributed by atoms with E-state index in [1.807, 2.05) is 48.5 Å². The number of hydrogen-bond donors (Lipinski definition) is 4. The van der Waals surface area contributed by atoms with Crippen molar-refractivity contribution in [2.75, 3.05) is 19.7 Å². The molecule has 1 saturated heterocycles. The Hall–Kier alpha value is -4.41. The van der Waals surface area contributed by atoms with E-state index in [-0.39, 0.29) is 18.4 Å². The van der Waals surface area contributed by atoms with Crippen molar-refractivity contribution in [1.29, 1.82) is 0 Å². The van der Waals surface area contributed by atoms with E-state index in [0.29, 0.717) is 13.1 Å². The lowest BCUT2D eigenvalue weighted by Crippen LogP contribution is -2.59. The lowest BCUT2D eigenvalue weighted by molar-refractivity contribution is -0.144. The number of benzene rings is 2. The van der Waals surface area contributed by atoms with Crippen LogP contribution in [0.15, 0.2) is 48.5 Å². The number of ether oxygens (including phenoxy) is 1. The highest BCUT2D eigenvalue weighted by molar-refractivity contribution is 5.95. The summed E-state index contributed by atoms with van der Waals surface area (Å²) in [6, 6.07) is 12.6. The second-order valence-electron chi connectivity index (χ2n) is 12.1. The molecule has 1 fully saturated rings. The van der Waals surface area contributed by atoms with Gasteiger partial charge in [0.1, 0.15) is 24.7 Å². The fourth-order valence-electron chi connectivity index (χ4n) is 5.87. The van der Waals surface area contributed by atoms with E-state index in [9.17, 15) is 29.1 Å². The number of nitrogens with one attached hydrogen (secondary N) is 3. The number of amides is 4. The Morgan fingerprint density at radius 1 is 0.795 bits per heavy atom. The zero-order valence-corrected chi connectivity index (χ0v) is 25.7. The van der Waals surface area contributed by atoms with Gasteiger partial charge < -0.3 is 30.7 Å². The van der Waals surface area contributed by atoms with Crippen LogP contribution in [0.3, 0.4) is 0 Å². The van der Waals surface area contributed by atoms with Crippen molar-refractivity contribution < 1.29 is 33.8 Å². The molecule has 2 aromatic carbocycles. The summed E-state index contributed by atoms with van der Waals surface area (Å²) < 4.78 is 5.63. The van der Waals surface area contributed by atoms with Crippen LogP contribution >= 0.6 is 0 Å². The molecule has 0 aromatic heterocycles. The van der Waals surface area contributed by atoms with Gasteiger partial charge in [0.2, 0.25) is 17.7 Å². The molecule has 3 atom stereocenters. The van der Waals surface area contributed by atoms with Gasteiger partial charge in [0.15, 0.2) is 0 Å². The first-order chi connectivity index (χ1) is 21.0. The van der Waals surface area contributed by atoms with Crippen LogP contribution in [0.25, 0.3) is 11.1 Å². The van der Waals surface area contributed by atoms with Gasteiger partial charge in [-0.3, -0.25) is 19.2 Å². The second kappa shape index (κ2) is 14.4. The molecule has 2 aliphatic rings. The van der Waals surface area contributed by atoms with Gasteiger partial charge in [-0.2, -0.15) is 0 Å². The first kappa shape index (κ1) is 32.5. The molecule has 44 heavy (non-hydrogen) atoms. The first-order valence-electron chi connectivity index (χ1n) is 15.2. The monoisotopic (exact) mass is 606 g/mol. The second-order valence-corrected chi connectivity index (χ2v) is 12.1. The Labute approximate surface area is 257 Å². The van der Waals surface area contributed by atoms with Crippen molar-refractivity contribution >= 4 is 29.8 Å². The summed E-state index contributed by atoms with van der Waals surface area (Å²) in [4.78, 5) is 65.6. The molecular weight excluding hydrogens is 564 g/mol. The van der Waals surface area contributed by atoms with E-state index in [4.69, 9.17) is 4.74 Å². The summed E-state index contributed by atoms with van der Waals surface area (Å²) in [6.07, 6.45) is 0.302. The van der Waals surface area contributed by atoms with Crippen LogP contribution in [-0.4, -0.2) is 77.6 Å². The Morgan fingerprint density at radius 3 is 1.82 bits per heavy atom. The van der Waals surface area contributed by atoms with Gasteiger partial charge in [0, 0.05) is 19.0 Å². The molecule has 1 aliphatic heterocycles. The number of likely N-dealkylation sites (tertiary alicyclic amines) is 1. The Balaban J connectivity index is 1.39. The highest BCUT2D eigenvalue weighted by Crippen LogP contribution is 2.44. The predicted molar refractivity (Wildman–Crippen MR) is 164 cm³/mol. The van der Waals surface area contributed by atoms with Gasteiger partial charge in [0.05, 0.1) is 6.42 Å². The van der Waals surface area contributed by atoms with Crippen LogP contribution in [0.1, 0.15) is 64.0 Å². The summed E-state index contributed by atoms with van der Waals surface area (Å²) in [7, 11) is 0. The maximum atomic E-state index is 13.4. The quantitative estimate of drug-likeness (QED) is 0.289. The molecule has 236 valence electrons. The van der Waals surface area contributed by atoms with Gasteiger partial charge in [-0.25, -0.2) is 4.79 Å². The van der Waals surface area contributed by atoms with Crippen LogP contribution < -0.4 is 16.0 Å². The molecule has 2 aromatic rings. The molecule has 11 nitrogen and oxygen atoms in total. The van der Waals surface area contributed by atoms with Crippen LogP contribution in [0.5, 0.6) is 0 Å². The average Bonchev–Trinajstić information content (AvgIpc) is 3.63. The van der Waals surface area contributed by atoms with E-state index >= 15 is 0 Å². The van der Waals surface area contributed by atoms with Crippen LogP contribution in [0.4, 0.5) is 4.79 Å². The average molecular weight is 607 g/mol. The van der Waals surface area contributed by atoms with Gasteiger partial charge in [-0.1, -0.05) is 76.2 Å². The largest absolute Gasteiger partial charge is 0.481 e. The van der Waals surface area contributed by atoms with Crippen molar-refractivity contribution in [3.8, 4) is 11.1 Å². The zero-order chi connectivity index (χ0) is 32.0. The van der Waals surface area contributed by atoms with E-state index in [1.54, 1.807) is 32.6 Å². The van der Waals surface area contributed by atoms with Crippen molar-refractivity contribution in [3.63, 3.8) is 0 Å². The van der Waals surface area contributed by atoms with Gasteiger partial charge in [0.25, 0.3) is 0 Å². The lowest BCUT2D eigenvalue weighted by atomic mass is 9.98. The summed E-state index contributed by atoms with van der Waals surface area (Å²) in [6.45, 7) is 8.07. The fourth-order valence-corrected chi connectivity index (χ4v) is 5.87. The summed E-state index contributed by atoms with van der Waals surface area (Å²) >= 11 is 0. The number of alkyl carbamates (subject to hydrolysis) is 1. The molecule has 0 saturated carbocycles. The summed E-state index contributed by atoms with van der Waals surface area (Å²) in [5, 5.41) is 17.3. The first-order valence-corrected chi connectivity index (χ1v) is 15.2. The maximum absolute atomic E-state index is 13.4. The number of nitrogens with zero attached hydrogens (tertiary/aromatic N) is 1. The van der Waals surface area contributed by atoms with Crippen molar-refractivity contribution in [1.82, 2.24) is 20.9 Å². The smallest absolute Gasteiger partial charge is 0.407 e. The van der Waals surface area contributed by atoms with E-state index in [1.165, 1.54) is 0 Å². The molecule has 1 aliphatic carbocycles. The number of rotatable bonds is 12. The number of aliphatic carboxylic acids is 1. The SMILES string of the molecule is CC(C)[C@H](NC(=O)OCC1c2ccccc2-c2ccccc21)C(=O)N[C@H](C(=O)N[C@@H](CC(=O)O)C(=O)N1CCCC1)C(C)C. The molecule has 4 amide bonds. The Bertz CT molecular complexity index is 1340. The van der Waals surface area contributed by atoms with Crippen molar-refractivity contribution in [3.05, 3.63) is 59.7 Å². The topological polar surface area (TPSA) is 154 Å². The van der Waals surface area contributed by atoms with E-state index < -0.39 is 60.2 Å². The summed E-state index contributed by atoms with van der Waals surface area (Å²) in [5.41, 5.74) is 4.33. The minimum atomic E-state index is -1.25. The number of carboxylic acid groups (broad SMARTS) is 1. The minimum Gasteiger partial charge on any atom is -0.481 e. The molecule has 4 rings (SSSR count). The standard InChI is InChI=1S/C33H42N4O7/c1-19(2)28(30(40)34-26(17-27(38)39)32(42)37-15-9-10-16-37)35-31(41)29(20(3)4)36-33(43)44-18-25-23-13-7-5-11-21(23)22-12-6-8-14-24(22)25/h5-8,11-14,19-20,25-26,28-29H,9-10,15-18H2,1-4H3,(H,34,40)(H,35,41)(H,36,43)(H,38,39)/t26-,28-,29-/m0/s1. The number of carbonyl (C=O) groups excluding carboxylic acids is 4. The summed E-state index contributed by atoms with van der Waals surface area (Å²) in [5.74, 6) is -3.82. The number of carbonyl (C=O) groups is 5. The molecule has 0 radical (unpaired) electrons. The minimum absolute atomic E-state index is 0.0827. The highest BCUT2D eigenvalue weighted by Gasteiger charge is 2.35. The molecule has 0 unspecified atom stereocenters. The third kappa shape index (κ3) is 7.56. The van der Waals surface area contributed by atoms with Crippen LogP contribution in [0, 0.1) is 11.8 Å². The Morgan fingerprint density at radius 2 is 1.30 bits per heavy atom. The number of fused-ring (bicyclic) bond motifs is 3. The highest BCUT2D eigenvalue weighted by atomic mass is 16.5. The van der Waals surface area contributed by atoms with Crippen molar-refractivity contribution in [2.45, 2.75) is 71.0 Å². The van der Waals surface area contributed by atoms with Gasteiger partial charge in [-0.15, -0.1) is 0 Å². The van der Waals surface area contributed by atoms with E-state index in [2.05, 4.69) is 16.0 Å². The molecular formula is C33H42N4O7. The van der Waals surface area contributed by atoms with E-state index in [0.717, 1.165) is 35.1 Å². The molecule has 0 bridgehead atoms. The molecule has 11 heteroatoms. The number of hydrogen-bond acceptors (Lipinski definition) is 6. The normalized spacial score (nSPS) is 16.1. The van der Waals surface area contributed by atoms with Crippen LogP contribution in [0.2, 0.25) is 0 Å². The van der Waals surface area contributed by atoms with Crippen LogP contribution in [-0.2, 0) is 23.9 Å². The third-order valence-corrected chi connectivity index (χ3v) is 8.22. The Kier molecular flexibility index (Phi) is 10.6. The lowest BCUT2D eigenvalue weighted by Gasteiger charge is -2.29. The molecule has 0 spiro atoms.